The third-order valence-electron chi connectivity index (χ3n) is 4.25. The van der Waals surface area contributed by atoms with Crippen molar-refractivity contribution in [3.63, 3.8) is 0 Å². The average Bonchev–Trinajstić information content (AvgIpc) is 2.74. The van der Waals surface area contributed by atoms with E-state index in [4.69, 9.17) is 0 Å². The minimum Gasteiger partial charge on any atom is -0.334 e. The van der Waals surface area contributed by atoms with Gasteiger partial charge < -0.3 is 5.32 Å². The quantitative estimate of drug-likeness (QED) is 0.235. The molecule has 11 heteroatoms. The van der Waals surface area contributed by atoms with Crippen molar-refractivity contribution in [3.05, 3.63) is 82.8 Å². The number of hydrogen-bond donors (Lipinski definition) is 1. The van der Waals surface area contributed by atoms with Gasteiger partial charge in [-0.1, -0.05) is 30.0 Å². The third-order valence-corrected chi connectivity index (χ3v) is 5.29. The molecule has 0 aliphatic carbocycles. The first kappa shape index (κ1) is 20.5. The molecule has 4 aromatic rings. The zero-order valence-electron chi connectivity index (χ0n) is 15.5. The van der Waals surface area contributed by atoms with Gasteiger partial charge in [-0.15, -0.1) is 0 Å². The molecule has 0 unspecified atom stereocenters. The van der Waals surface area contributed by atoms with Crippen molar-refractivity contribution >= 4 is 39.9 Å². The average molecular weight is 443 g/mol. The van der Waals surface area contributed by atoms with Gasteiger partial charge in [0, 0.05) is 22.2 Å². The fourth-order valence-electron chi connectivity index (χ4n) is 2.84. The molecule has 2 heterocycles. The van der Waals surface area contributed by atoms with Gasteiger partial charge in [-0.2, -0.15) is 13.2 Å². The lowest BCUT2D eigenvalue weighted by Gasteiger charge is -2.10. The lowest BCUT2D eigenvalue weighted by Crippen LogP contribution is -2.05. The summed E-state index contributed by atoms with van der Waals surface area (Å²) in [6, 6.07) is 13.2. The van der Waals surface area contributed by atoms with Crippen molar-refractivity contribution in [1.29, 1.82) is 0 Å². The van der Waals surface area contributed by atoms with Crippen LogP contribution in [0.1, 0.15) is 5.56 Å². The Morgan fingerprint density at radius 1 is 0.968 bits per heavy atom. The summed E-state index contributed by atoms with van der Waals surface area (Å²) in [7, 11) is 0. The zero-order valence-corrected chi connectivity index (χ0v) is 16.3. The van der Waals surface area contributed by atoms with E-state index in [2.05, 4.69) is 20.3 Å². The van der Waals surface area contributed by atoms with Crippen molar-refractivity contribution in [3.8, 4) is 0 Å². The summed E-state index contributed by atoms with van der Waals surface area (Å²) in [5, 5.41) is 15.4. The van der Waals surface area contributed by atoms with Gasteiger partial charge in [-0.25, -0.2) is 9.97 Å². The predicted octanol–water partition coefficient (Wildman–Crippen LogP) is 5.85. The van der Waals surface area contributed by atoms with Crippen molar-refractivity contribution in [2.75, 3.05) is 5.32 Å². The van der Waals surface area contributed by atoms with Crippen LogP contribution in [0.2, 0.25) is 0 Å². The van der Waals surface area contributed by atoms with Crippen LogP contribution < -0.4 is 5.32 Å². The molecule has 0 bridgehead atoms. The summed E-state index contributed by atoms with van der Waals surface area (Å²) in [6.07, 6.45) is -1.70. The monoisotopic (exact) mass is 443 g/mol. The fourth-order valence-corrected chi connectivity index (χ4v) is 3.83. The largest absolute Gasteiger partial charge is 0.416 e. The second kappa shape index (κ2) is 8.19. The summed E-state index contributed by atoms with van der Waals surface area (Å²) in [5.41, 5.74) is -0.326. The van der Waals surface area contributed by atoms with Crippen molar-refractivity contribution in [2.45, 2.75) is 16.1 Å². The topological polar surface area (TPSA) is 93.8 Å². The first-order chi connectivity index (χ1) is 14.8. The maximum atomic E-state index is 12.7. The van der Waals surface area contributed by atoms with Gasteiger partial charge in [-0.05, 0) is 36.4 Å². The summed E-state index contributed by atoms with van der Waals surface area (Å²) < 4.78 is 38.2. The van der Waals surface area contributed by atoms with Crippen molar-refractivity contribution in [2.24, 2.45) is 0 Å². The molecule has 7 nitrogen and oxygen atoms in total. The van der Waals surface area contributed by atoms with E-state index in [9.17, 15) is 23.3 Å². The molecule has 0 saturated heterocycles. The van der Waals surface area contributed by atoms with E-state index in [1.165, 1.54) is 12.1 Å². The maximum absolute atomic E-state index is 12.7. The van der Waals surface area contributed by atoms with Crippen LogP contribution in [0.4, 0.5) is 30.4 Å². The lowest BCUT2D eigenvalue weighted by molar-refractivity contribution is -0.387. The van der Waals surface area contributed by atoms with Gasteiger partial charge in [0.05, 0.1) is 16.0 Å². The molecule has 0 spiro atoms. The highest BCUT2D eigenvalue weighted by molar-refractivity contribution is 7.99. The van der Waals surface area contributed by atoms with Crippen LogP contribution in [0, 0.1) is 10.1 Å². The number of nitro groups is 1. The van der Waals surface area contributed by atoms with Crippen LogP contribution in [0.5, 0.6) is 0 Å². The second-order valence-electron chi connectivity index (χ2n) is 6.27. The molecule has 0 saturated carbocycles. The Bertz CT molecular complexity index is 1260. The SMILES string of the molecule is O=[N+]([O-])c1c(Nc2ccc(C(F)(F)F)cc2)ncnc1Sc1cccc2cccnc12. The molecule has 31 heavy (non-hydrogen) atoms. The number of hydrogen-bond acceptors (Lipinski definition) is 7. The lowest BCUT2D eigenvalue weighted by atomic mass is 10.2. The molecule has 0 aliphatic rings. The van der Waals surface area contributed by atoms with Gasteiger partial charge in [0.25, 0.3) is 0 Å². The number of nitrogens with one attached hydrogen (secondary N) is 1. The number of benzene rings is 2. The van der Waals surface area contributed by atoms with Gasteiger partial charge in [-0.3, -0.25) is 15.1 Å². The molecule has 2 aromatic heterocycles. The Morgan fingerprint density at radius 3 is 2.42 bits per heavy atom. The minimum absolute atomic E-state index is 0.0764. The van der Waals surface area contributed by atoms with E-state index in [1.54, 1.807) is 24.4 Å². The van der Waals surface area contributed by atoms with Gasteiger partial charge >= 0.3 is 11.9 Å². The van der Waals surface area contributed by atoms with Crippen LogP contribution in [0.25, 0.3) is 10.9 Å². The fraction of sp³-hybridized carbons (Fsp3) is 0.0500. The summed E-state index contributed by atoms with van der Waals surface area (Å²) in [5.74, 6) is -0.129. The Kier molecular flexibility index (Phi) is 5.42. The van der Waals surface area contributed by atoms with Crippen LogP contribution >= 0.6 is 11.8 Å². The molecule has 0 radical (unpaired) electrons. The molecule has 4 rings (SSSR count). The van der Waals surface area contributed by atoms with Crippen LogP contribution in [-0.4, -0.2) is 19.9 Å². The van der Waals surface area contributed by atoms with Crippen LogP contribution in [0.15, 0.2) is 77.0 Å². The predicted molar refractivity (Wildman–Crippen MR) is 109 cm³/mol. The third kappa shape index (κ3) is 4.40. The van der Waals surface area contributed by atoms with E-state index in [1.807, 2.05) is 12.1 Å². The number of nitrogens with zero attached hydrogens (tertiary/aromatic N) is 4. The first-order valence-electron chi connectivity index (χ1n) is 8.78. The number of aromatic nitrogens is 3. The van der Waals surface area contributed by atoms with E-state index < -0.39 is 16.7 Å². The molecule has 2 aromatic carbocycles. The molecule has 0 amide bonds. The smallest absolute Gasteiger partial charge is 0.334 e. The van der Waals surface area contributed by atoms with Crippen LogP contribution in [0.3, 0.4) is 0 Å². The molecular weight excluding hydrogens is 431 g/mol. The van der Waals surface area contributed by atoms with Crippen molar-refractivity contribution in [1.82, 2.24) is 15.0 Å². The number of anilines is 2. The highest BCUT2D eigenvalue weighted by Crippen LogP contribution is 2.39. The van der Waals surface area contributed by atoms with Gasteiger partial charge in [0.1, 0.15) is 6.33 Å². The summed E-state index contributed by atoms with van der Waals surface area (Å²) in [4.78, 5) is 24.1. The zero-order chi connectivity index (χ0) is 22.0. The first-order valence-corrected chi connectivity index (χ1v) is 9.60. The summed E-state index contributed by atoms with van der Waals surface area (Å²) in [6.45, 7) is 0. The van der Waals surface area contributed by atoms with E-state index >= 15 is 0 Å². The van der Waals surface area contributed by atoms with E-state index in [-0.39, 0.29) is 22.2 Å². The summed E-state index contributed by atoms with van der Waals surface area (Å²) >= 11 is 1.06. The molecular formula is C20H12F3N5O2S. The Hall–Kier alpha value is -3.73. The number of pyridine rings is 1. The number of alkyl halides is 3. The highest BCUT2D eigenvalue weighted by atomic mass is 32.2. The van der Waals surface area contributed by atoms with Crippen molar-refractivity contribution < 1.29 is 18.1 Å². The number of para-hydroxylation sites is 1. The maximum Gasteiger partial charge on any atom is 0.416 e. The van der Waals surface area contributed by atoms with Gasteiger partial charge in [0.15, 0.2) is 5.03 Å². The molecule has 1 N–H and O–H groups in total. The molecule has 0 aliphatic heterocycles. The van der Waals surface area contributed by atoms with E-state index in [0.717, 1.165) is 35.6 Å². The molecule has 0 fully saturated rings. The van der Waals surface area contributed by atoms with Crippen LogP contribution in [-0.2, 0) is 6.18 Å². The molecule has 0 atom stereocenters. The Balaban J connectivity index is 1.69. The van der Waals surface area contributed by atoms with E-state index in [0.29, 0.717) is 10.4 Å². The number of fused-ring (bicyclic) bond motifs is 1. The minimum atomic E-state index is -4.48. The number of halogens is 3. The number of rotatable bonds is 5. The normalized spacial score (nSPS) is 11.5. The Morgan fingerprint density at radius 2 is 1.71 bits per heavy atom. The molecule has 156 valence electrons. The Labute approximate surface area is 177 Å². The highest BCUT2D eigenvalue weighted by Gasteiger charge is 2.30. The standard InChI is InChI=1S/C20H12F3N5O2S/c21-20(22,23)13-6-8-14(9-7-13)27-18-17(28(29)30)19(26-11-25-18)31-15-5-1-3-12-4-2-10-24-16(12)15/h1-11H,(H,25,26,27). The second-order valence-corrected chi connectivity index (χ2v) is 7.30. The van der Waals surface area contributed by atoms with Gasteiger partial charge in [0.2, 0.25) is 5.82 Å².